The van der Waals surface area contributed by atoms with E-state index in [1.165, 1.54) is 22.5 Å². The lowest BCUT2D eigenvalue weighted by Gasteiger charge is -2.39. The van der Waals surface area contributed by atoms with E-state index in [-0.39, 0.29) is 35.5 Å². The summed E-state index contributed by atoms with van der Waals surface area (Å²) in [5, 5.41) is 6.73. The van der Waals surface area contributed by atoms with Gasteiger partial charge in [-0.1, -0.05) is 77.8 Å². The number of amidine groups is 1. The average Bonchev–Trinajstić information content (AvgIpc) is 3.54. The lowest BCUT2D eigenvalue weighted by atomic mass is 9.88. The van der Waals surface area contributed by atoms with Gasteiger partial charge in [0.25, 0.3) is 0 Å². The summed E-state index contributed by atoms with van der Waals surface area (Å²) in [6.45, 7) is 1.95. The van der Waals surface area contributed by atoms with Crippen LogP contribution in [-0.2, 0) is 27.0 Å². The minimum absolute atomic E-state index is 0. The largest absolute Gasteiger partial charge is 0.368 e. The quantitative estimate of drug-likeness (QED) is 0.205. The van der Waals surface area contributed by atoms with E-state index in [2.05, 4.69) is 15.6 Å². The number of hydrogen-bond acceptors (Lipinski definition) is 5. The topological polar surface area (TPSA) is 90.9 Å². The zero-order valence-corrected chi connectivity index (χ0v) is 27.1. The molecule has 0 radical (unpaired) electrons. The maximum Gasteiger partial charge on any atom is 0.239 e. The van der Waals surface area contributed by atoms with Crippen molar-refractivity contribution in [1.29, 1.82) is 0 Å². The van der Waals surface area contributed by atoms with Crippen molar-refractivity contribution < 1.29 is 17.6 Å². The van der Waals surface area contributed by atoms with Crippen molar-refractivity contribution in [3.63, 3.8) is 0 Å². The van der Waals surface area contributed by atoms with Crippen LogP contribution >= 0.6 is 35.6 Å². The van der Waals surface area contributed by atoms with Crippen LogP contribution in [0.3, 0.4) is 0 Å². The first-order valence-electron chi connectivity index (χ1n) is 14.2. The van der Waals surface area contributed by atoms with E-state index < -0.39 is 21.9 Å². The van der Waals surface area contributed by atoms with Gasteiger partial charge in [0.15, 0.2) is 0 Å². The molecule has 2 aliphatic heterocycles. The Bertz CT molecular complexity index is 1870. The Morgan fingerprint density at radius 2 is 1.71 bits per heavy atom. The van der Waals surface area contributed by atoms with Crippen molar-refractivity contribution in [2.45, 2.75) is 24.6 Å². The monoisotopic (exact) mass is 686 g/mol. The van der Waals surface area contributed by atoms with Gasteiger partial charge in [-0.05, 0) is 59.0 Å². The number of hydrogen-bond donors (Lipinski definition) is 2. The molecular formula is C33H30Cl3FN4O3S. The Morgan fingerprint density at radius 3 is 2.44 bits per heavy atom. The van der Waals surface area contributed by atoms with Crippen LogP contribution in [0.25, 0.3) is 11.1 Å². The van der Waals surface area contributed by atoms with Crippen molar-refractivity contribution in [3.8, 4) is 11.1 Å². The number of benzene rings is 4. The van der Waals surface area contributed by atoms with Gasteiger partial charge in [-0.3, -0.25) is 14.1 Å². The lowest BCUT2D eigenvalue weighted by Crippen LogP contribution is -2.41. The van der Waals surface area contributed by atoms with Gasteiger partial charge in [-0.25, -0.2) is 12.8 Å². The number of anilines is 1. The van der Waals surface area contributed by atoms with E-state index in [9.17, 15) is 17.6 Å². The molecule has 45 heavy (non-hydrogen) atoms. The molecule has 0 bridgehead atoms. The summed E-state index contributed by atoms with van der Waals surface area (Å²) in [6, 6.07) is 23.0. The molecule has 0 fully saturated rings. The zero-order valence-electron chi connectivity index (χ0n) is 24.0. The molecule has 0 aliphatic carbocycles. The number of halogens is 4. The lowest BCUT2D eigenvalue weighted by molar-refractivity contribution is -0.121. The molecular weight excluding hydrogens is 658 g/mol. The van der Waals surface area contributed by atoms with E-state index in [4.69, 9.17) is 23.2 Å². The molecule has 4 aromatic rings. The van der Waals surface area contributed by atoms with E-state index >= 15 is 0 Å². The van der Waals surface area contributed by atoms with Crippen molar-refractivity contribution in [3.05, 3.63) is 123 Å². The fraction of sp³-hybridized carbons (Fsp3) is 0.212. The first-order valence-corrected chi connectivity index (χ1v) is 16.6. The highest BCUT2D eigenvalue weighted by Gasteiger charge is 2.39. The fourth-order valence-electron chi connectivity index (χ4n) is 5.70. The van der Waals surface area contributed by atoms with E-state index in [0.29, 0.717) is 45.9 Å². The molecule has 1 amide bonds. The van der Waals surface area contributed by atoms with Gasteiger partial charge in [0.2, 0.25) is 15.9 Å². The molecule has 0 saturated carbocycles. The van der Waals surface area contributed by atoms with E-state index in [0.717, 1.165) is 30.1 Å². The van der Waals surface area contributed by atoms with E-state index in [1.807, 2.05) is 24.3 Å². The van der Waals surface area contributed by atoms with Gasteiger partial charge in [0.1, 0.15) is 11.7 Å². The van der Waals surface area contributed by atoms with Gasteiger partial charge >= 0.3 is 0 Å². The third-order valence-corrected chi connectivity index (χ3v) is 10.2. The highest BCUT2D eigenvalue weighted by Crippen LogP contribution is 2.48. The number of nitrogens with one attached hydrogen (secondary N) is 2. The average molecular weight is 688 g/mol. The van der Waals surface area contributed by atoms with Crippen LogP contribution in [0.15, 0.2) is 89.9 Å². The number of fused-ring (bicyclic) bond motifs is 3. The molecule has 0 spiro atoms. The summed E-state index contributed by atoms with van der Waals surface area (Å²) in [5.41, 5.74) is 4.66. The van der Waals surface area contributed by atoms with Gasteiger partial charge in [0, 0.05) is 24.2 Å². The van der Waals surface area contributed by atoms with Crippen LogP contribution in [0.2, 0.25) is 10.0 Å². The van der Waals surface area contributed by atoms with Crippen LogP contribution in [0.1, 0.15) is 34.7 Å². The van der Waals surface area contributed by atoms with Crippen LogP contribution in [0, 0.1) is 5.82 Å². The Labute approximate surface area is 277 Å². The number of amides is 1. The Balaban J connectivity index is 0.00000400. The summed E-state index contributed by atoms with van der Waals surface area (Å²) in [6.07, 6.45) is 0.389. The second kappa shape index (κ2) is 13.8. The zero-order chi connectivity index (χ0) is 30.8. The van der Waals surface area contributed by atoms with Crippen molar-refractivity contribution >= 4 is 63.1 Å². The molecule has 2 aliphatic rings. The first-order chi connectivity index (χ1) is 21.2. The summed E-state index contributed by atoms with van der Waals surface area (Å²) in [4.78, 5) is 17.8. The van der Waals surface area contributed by atoms with Crippen molar-refractivity contribution in [1.82, 2.24) is 10.6 Å². The number of para-hydroxylation sites is 1. The second-order valence-corrected chi connectivity index (χ2v) is 13.4. The number of nitrogens with zero attached hydrogens (tertiary/aromatic N) is 2. The number of carbonyl (C=O) groups excluding carboxylic acids is 1. The van der Waals surface area contributed by atoms with Crippen molar-refractivity contribution in [2.24, 2.45) is 4.99 Å². The minimum atomic E-state index is -4.09. The Hall–Kier alpha value is -3.63. The van der Waals surface area contributed by atoms with Gasteiger partial charge in [0.05, 0.1) is 40.5 Å². The summed E-state index contributed by atoms with van der Waals surface area (Å²) >= 11 is 12.2. The minimum Gasteiger partial charge on any atom is -0.368 e. The highest BCUT2D eigenvalue weighted by atomic mass is 35.5. The van der Waals surface area contributed by atoms with Crippen LogP contribution in [0.5, 0.6) is 0 Å². The van der Waals surface area contributed by atoms with Crippen LogP contribution < -0.4 is 14.9 Å². The van der Waals surface area contributed by atoms with Gasteiger partial charge in [-0.2, -0.15) is 0 Å². The highest BCUT2D eigenvalue weighted by molar-refractivity contribution is 7.92. The standard InChI is InChI=1S/C33H29Cl2FN4O3S.ClH/c34-28-12-7-22(17-29(28)35)20-44(42,43)40-30-4-2-1-3-26(30)25-11-10-24(36)18-27(25)31(40)19-32(41)37-14-13-21-5-8-23(9-6-21)33-38-15-16-39-33;/h1-12,17-18,31H,13-16,19-20H2,(H,37,41)(H,38,39);1H. The molecule has 0 saturated heterocycles. The Morgan fingerprint density at radius 1 is 0.956 bits per heavy atom. The molecule has 234 valence electrons. The third-order valence-electron chi connectivity index (χ3n) is 7.74. The smallest absolute Gasteiger partial charge is 0.239 e. The normalized spacial score (nSPS) is 15.3. The number of carbonyl (C=O) groups is 1. The molecule has 1 atom stereocenters. The second-order valence-electron chi connectivity index (χ2n) is 10.7. The fourth-order valence-corrected chi connectivity index (χ4v) is 7.80. The van der Waals surface area contributed by atoms with Gasteiger partial charge in [-0.15, -0.1) is 12.4 Å². The summed E-state index contributed by atoms with van der Waals surface area (Å²) < 4.78 is 44.2. The van der Waals surface area contributed by atoms with Crippen LogP contribution in [-0.4, -0.2) is 39.8 Å². The molecule has 6 rings (SSSR count). The molecule has 12 heteroatoms. The van der Waals surface area contributed by atoms with Gasteiger partial charge < -0.3 is 10.6 Å². The number of rotatable bonds is 9. The molecule has 1 unspecified atom stereocenters. The molecule has 0 aromatic heterocycles. The van der Waals surface area contributed by atoms with Crippen LogP contribution in [0.4, 0.5) is 10.1 Å². The molecule has 7 nitrogen and oxygen atoms in total. The summed E-state index contributed by atoms with van der Waals surface area (Å²) in [7, 11) is -4.09. The maximum absolute atomic E-state index is 14.6. The van der Waals surface area contributed by atoms with Crippen molar-refractivity contribution in [2.75, 3.05) is 23.9 Å². The molecule has 2 N–H and O–H groups in total. The molecule has 2 heterocycles. The predicted octanol–water partition coefficient (Wildman–Crippen LogP) is 6.71. The Kier molecular flexibility index (Phi) is 10.0. The number of sulfonamides is 1. The van der Waals surface area contributed by atoms with E-state index in [1.54, 1.807) is 42.5 Å². The predicted molar refractivity (Wildman–Crippen MR) is 181 cm³/mol. The summed E-state index contributed by atoms with van der Waals surface area (Å²) in [5.74, 6) is -0.369. The number of aliphatic imine (C=N–C) groups is 1. The first kappa shape index (κ1) is 32.8. The SMILES string of the molecule is Cl.O=C(CC1c2cc(F)ccc2-c2ccccc2N1S(=O)(=O)Cc1ccc(Cl)c(Cl)c1)NCCc1ccc(C2=NCCN2)cc1. The third kappa shape index (κ3) is 7.12. The maximum atomic E-state index is 14.6. The molecule has 4 aromatic carbocycles.